The Balaban J connectivity index is 5.10. The quantitative estimate of drug-likeness (QED) is 0.266. The third-order valence-corrected chi connectivity index (χ3v) is 4.18. The summed E-state index contributed by atoms with van der Waals surface area (Å²) in [5.41, 5.74) is -1.92. The molecule has 0 bridgehead atoms. The van der Waals surface area contributed by atoms with Crippen molar-refractivity contribution in [2.24, 2.45) is 5.41 Å². The van der Waals surface area contributed by atoms with Gasteiger partial charge in [-0.25, -0.2) is 14.4 Å². The molecule has 0 aromatic rings. The van der Waals surface area contributed by atoms with E-state index in [4.69, 9.17) is 14.2 Å². The molecule has 0 unspecified atom stereocenters. The Morgan fingerprint density at radius 1 is 0.758 bits per heavy atom. The largest absolute Gasteiger partial charge is 0.467 e. The van der Waals surface area contributed by atoms with E-state index in [2.05, 4.69) is 16.0 Å². The Kier molecular flexibility index (Phi) is 11.7. The standard InChI is InChI=1S/C23H43N3O7/c1-21(2,3)16(18(28)31-10)26-17(27)15(25-20(30)33-23(7,8)9)13-11-12-14-24-19(29)32-22(4,5)6/h15-16H,11-14H2,1-10H3,(H,24,29)(H,25,30)(H,26,27)/t15-,16+/m0/s1. The van der Waals surface area contributed by atoms with Crippen molar-refractivity contribution in [3.05, 3.63) is 0 Å². The molecule has 0 saturated carbocycles. The third-order valence-electron chi connectivity index (χ3n) is 4.18. The second kappa shape index (κ2) is 12.6. The molecule has 192 valence electrons. The fourth-order valence-electron chi connectivity index (χ4n) is 2.69. The van der Waals surface area contributed by atoms with Crippen molar-refractivity contribution >= 4 is 24.1 Å². The van der Waals surface area contributed by atoms with E-state index >= 15 is 0 Å². The van der Waals surface area contributed by atoms with Crippen molar-refractivity contribution in [2.45, 2.75) is 105 Å². The van der Waals surface area contributed by atoms with Crippen molar-refractivity contribution in [3.63, 3.8) is 0 Å². The zero-order valence-electron chi connectivity index (χ0n) is 21.8. The molecule has 0 rings (SSSR count). The average Bonchev–Trinajstić information content (AvgIpc) is 2.60. The number of carbonyl (C=O) groups excluding carboxylic acids is 4. The van der Waals surface area contributed by atoms with Gasteiger partial charge in [0.2, 0.25) is 5.91 Å². The first-order valence-electron chi connectivity index (χ1n) is 11.2. The Hall–Kier alpha value is -2.52. The van der Waals surface area contributed by atoms with Gasteiger partial charge in [-0.1, -0.05) is 20.8 Å². The molecule has 33 heavy (non-hydrogen) atoms. The minimum Gasteiger partial charge on any atom is -0.467 e. The highest BCUT2D eigenvalue weighted by Crippen LogP contribution is 2.21. The van der Waals surface area contributed by atoms with Gasteiger partial charge in [-0.05, 0) is 66.2 Å². The van der Waals surface area contributed by atoms with E-state index in [0.717, 1.165) is 0 Å². The van der Waals surface area contributed by atoms with E-state index < -0.39 is 52.8 Å². The van der Waals surface area contributed by atoms with E-state index in [0.29, 0.717) is 19.4 Å². The number of esters is 1. The number of nitrogens with one attached hydrogen (secondary N) is 3. The lowest BCUT2D eigenvalue weighted by atomic mass is 9.86. The molecule has 10 nitrogen and oxygen atoms in total. The summed E-state index contributed by atoms with van der Waals surface area (Å²) in [6.07, 6.45) is 0.0922. The van der Waals surface area contributed by atoms with Crippen LogP contribution in [0.2, 0.25) is 0 Å². The minimum absolute atomic E-state index is 0.277. The van der Waals surface area contributed by atoms with Crippen LogP contribution in [0.3, 0.4) is 0 Å². The lowest BCUT2D eigenvalue weighted by Crippen LogP contribution is -2.56. The Labute approximate surface area is 197 Å². The molecule has 0 spiro atoms. The molecule has 0 radical (unpaired) electrons. The van der Waals surface area contributed by atoms with Crippen molar-refractivity contribution in [1.29, 1.82) is 0 Å². The summed E-state index contributed by atoms with van der Waals surface area (Å²) in [6.45, 7) is 16.2. The molecular formula is C23H43N3O7. The predicted molar refractivity (Wildman–Crippen MR) is 125 cm³/mol. The summed E-state index contributed by atoms with van der Waals surface area (Å²) in [5.74, 6) is -1.10. The minimum atomic E-state index is -0.934. The van der Waals surface area contributed by atoms with Crippen LogP contribution in [0.15, 0.2) is 0 Å². The van der Waals surface area contributed by atoms with Gasteiger partial charge in [0.15, 0.2) is 0 Å². The first kappa shape index (κ1) is 30.5. The fourth-order valence-corrected chi connectivity index (χ4v) is 2.69. The fraction of sp³-hybridized carbons (Fsp3) is 0.826. The number of unbranched alkanes of at least 4 members (excludes halogenated alkanes) is 1. The molecule has 0 saturated heterocycles. The lowest BCUT2D eigenvalue weighted by molar-refractivity contribution is -0.148. The molecule has 0 aliphatic rings. The maximum Gasteiger partial charge on any atom is 0.408 e. The molecule has 0 aromatic carbocycles. The summed E-state index contributed by atoms with van der Waals surface area (Å²) in [7, 11) is 1.25. The second-order valence-corrected chi connectivity index (χ2v) is 11.0. The van der Waals surface area contributed by atoms with Crippen molar-refractivity contribution in [2.75, 3.05) is 13.7 Å². The van der Waals surface area contributed by atoms with E-state index in [1.807, 2.05) is 0 Å². The van der Waals surface area contributed by atoms with Gasteiger partial charge in [0.25, 0.3) is 0 Å². The molecule has 0 heterocycles. The monoisotopic (exact) mass is 473 g/mol. The van der Waals surface area contributed by atoms with E-state index in [1.54, 1.807) is 62.3 Å². The first-order valence-corrected chi connectivity index (χ1v) is 11.2. The molecule has 3 amide bonds. The van der Waals surface area contributed by atoms with E-state index in [-0.39, 0.29) is 6.42 Å². The lowest BCUT2D eigenvalue weighted by Gasteiger charge is -2.31. The highest BCUT2D eigenvalue weighted by molar-refractivity contribution is 5.90. The molecule has 3 N–H and O–H groups in total. The third kappa shape index (κ3) is 14.3. The van der Waals surface area contributed by atoms with Crippen LogP contribution in [-0.2, 0) is 23.8 Å². The van der Waals surface area contributed by atoms with Gasteiger partial charge in [-0.3, -0.25) is 4.79 Å². The van der Waals surface area contributed by atoms with Crippen molar-refractivity contribution < 1.29 is 33.4 Å². The number of rotatable bonds is 9. The first-order chi connectivity index (χ1) is 14.9. The van der Waals surface area contributed by atoms with Gasteiger partial charge < -0.3 is 30.2 Å². The number of hydrogen-bond acceptors (Lipinski definition) is 7. The Morgan fingerprint density at radius 2 is 1.27 bits per heavy atom. The molecule has 0 aliphatic heterocycles. The maximum absolute atomic E-state index is 13.0. The summed E-state index contributed by atoms with van der Waals surface area (Å²) in [6, 6.07) is -1.83. The van der Waals surface area contributed by atoms with E-state index in [1.165, 1.54) is 7.11 Å². The van der Waals surface area contributed by atoms with Crippen LogP contribution >= 0.6 is 0 Å². The van der Waals surface area contributed by atoms with Gasteiger partial charge >= 0.3 is 18.2 Å². The zero-order chi connectivity index (χ0) is 26.0. The van der Waals surface area contributed by atoms with Crippen LogP contribution in [0, 0.1) is 5.41 Å². The van der Waals surface area contributed by atoms with Crippen molar-refractivity contribution in [3.8, 4) is 0 Å². The molecule has 2 atom stereocenters. The SMILES string of the molecule is COC(=O)[C@@H](NC(=O)[C@H](CCCCNC(=O)OC(C)(C)C)NC(=O)OC(C)(C)C)C(C)(C)C. The summed E-state index contributed by atoms with van der Waals surface area (Å²) < 4.78 is 15.3. The zero-order valence-corrected chi connectivity index (χ0v) is 21.8. The second-order valence-electron chi connectivity index (χ2n) is 11.0. The molecular weight excluding hydrogens is 430 g/mol. The number of alkyl carbamates (subject to hydrolysis) is 2. The van der Waals surface area contributed by atoms with Crippen LogP contribution in [0.4, 0.5) is 9.59 Å². The smallest absolute Gasteiger partial charge is 0.408 e. The van der Waals surface area contributed by atoms with Gasteiger partial charge in [-0.15, -0.1) is 0 Å². The number of carbonyl (C=O) groups is 4. The van der Waals surface area contributed by atoms with Crippen LogP contribution in [0.5, 0.6) is 0 Å². The number of methoxy groups -OCH3 is 1. The summed E-state index contributed by atoms with van der Waals surface area (Å²) in [5, 5.41) is 7.92. The van der Waals surface area contributed by atoms with Gasteiger partial charge in [0.05, 0.1) is 7.11 Å². The van der Waals surface area contributed by atoms with Gasteiger partial charge in [0, 0.05) is 6.54 Å². The normalized spacial score (nSPS) is 13.9. The number of hydrogen-bond donors (Lipinski definition) is 3. The topological polar surface area (TPSA) is 132 Å². The Morgan fingerprint density at radius 3 is 1.73 bits per heavy atom. The van der Waals surface area contributed by atoms with Crippen LogP contribution in [0.1, 0.15) is 81.6 Å². The average molecular weight is 474 g/mol. The van der Waals surface area contributed by atoms with E-state index in [9.17, 15) is 19.2 Å². The van der Waals surface area contributed by atoms with Crippen LogP contribution in [-0.4, -0.2) is 61.0 Å². The van der Waals surface area contributed by atoms with Gasteiger partial charge in [0.1, 0.15) is 23.3 Å². The summed E-state index contributed by atoms with van der Waals surface area (Å²) >= 11 is 0. The highest BCUT2D eigenvalue weighted by atomic mass is 16.6. The van der Waals surface area contributed by atoms with Crippen LogP contribution in [0.25, 0.3) is 0 Å². The van der Waals surface area contributed by atoms with Crippen LogP contribution < -0.4 is 16.0 Å². The Bertz CT molecular complexity index is 673. The number of ether oxygens (including phenoxy) is 3. The molecule has 0 aromatic heterocycles. The maximum atomic E-state index is 13.0. The molecule has 0 aliphatic carbocycles. The van der Waals surface area contributed by atoms with Gasteiger partial charge in [-0.2, -0.15) is 0 Å². The summed E-state index contributed by atoms with van der Waals surface area (Å²) in [4.78, 5) is 49.2. The predicted octanol–water partition coefficient (Wildman–Crippen LogP) is 3.28. The van der Waals surface area contributed by atoms with Crippen molar-refractivity contribution in [1.82, 2.24) is 16.0 Å². The number of amides is 3. The molecule has 10 heteroatoms. The highest BCUT2D eigenvalue weighted by Gasteiger charge is 2.36. The molecule has 0 fully saturated rings.